The van der Waals surface area contributed by atoms with Crippen molar-refractivity contribution in [3.05, 3.63) is 81.1 Å². The molecular formula is C27H22F2N2O4S2. The summed E-state index contributed by atoms with van der Waals surface area (Å²) < 4.78 is 33.7. The first kappa shape index (κ1) is 25.0. The first-order chi connectivity index (χ1) is 17.7. The minimum atomic E-state index is -1.06. The lowest BCUT2D eigenvalue weighted by molar-refractivity contribution is -0.132. The molecule has 0 radical (unpaired) electrons. The van der Waals surface area contributed by atoms with Gasteiger partial charge in [-0.1, -0.05) is 31.3 Å². The second kappa shape index (κ2) is 9.68. The Bertz CT molecular complexity index is 1520. The SMILES string of the molecule is CCOc1ccc(/C(O)=C2\C(=O)C(=O)N(c3nc4cc(F)c(F)cc4s3)C2c2cccs2)cc1C(C)C. The Hall–Kier alpha value is -3.63. The fourth-order valence-corrected chi connectivity index (χ4v) is 6.17. The largest absolute Gasteiger partial charge is 0.507 e. The number of rotatable bonds is 6. The van der Waals surface area contributed by atoms with Crippen molar-refractivity contribution < 1.29 is 28.2 Å². The summed E-state index contributed by atoms with van der Waals surface area (Å²) in [6, 6.07) is 9.68. The fourth-order valence-electron chi connectivity index (χ4n) is 4.35. The number of carbonyl (C=O) groups is 2. The van der Waals surface area contributed by atoms with Gasteiger partial charge in [-0.05, 0) is 54.1 Å². The molecule has 5 rings (SSSR count). The van der Waals surface area contributed by atoms with E-state index < -0.39 is 29.4 Å². The van der Waals surface area contributed by atoms with Crippen molar-refractivity contribution in [2.24, 2.45) is 0 Å². The van der Waals surface area contributed by atoms with Gasteiger partial charge in [0.25, 0.3) is 5.78 Å². The maximum absolute atomic E-state index is 13.8. The second-order valence-corrected chi connectivity index (χ2v) is 10.7. The molecule has 1 atom stereocenters. The van der Waals surface area contributed by atoms with Crippen molar-refractivity contribution in [1.29, 1.82) is 0 Å². The molecule has 190 valence electrons. The normalized spacial score (nSPS) is 17.4. The average Bonchev–Trinajstić information content (AvgIpc) is 3.58. The lowest BCUT2D eigenvalue weighted by Crippen LogP contribution is -2.28. The van der Waals surface area contributed by atoms with Crippen molar-refractivity contribution >= 4 is 55.5 Å². The van der Waals surface area contributed by atoms with Crippen LogP contribution < -0.4 is 9.64 Å². The lowest BCUT2D eigenvalue weighted by Gasteiger charge is -2.21. The van der Waals surface area contributed by atoms with Crippen LogP contribution in [-0.4, -0.2) is 28.4 Å². The molecule has 6 nitrogen and oxygen atoms in total. The molecule has 0 aliphatic carbocycles. The summed E-state index contributed by atoms with van der Waals surface area (Å²) in [5.74, 6) is -3.40. The van der Waals surface area contributed by atoms with E-state index in [4.69, 9.17) is 4.74 Å². The topological polar surface area (TPSA) is 79.7 Å². The number of amides is 1. The molecule has 37 heavy (non-hydrogen) atoms. The number of thiophene rings is 1. The minimum absolute atomic E-state index is 0.0772. The van der Waals surface area contributed by atoms with Gasteiger partial charge in [-0.25, -0.2) is 13.8 Å². The zero-order chi connectivity index (χ0) is 26.4. The Balaban J connectivity index is 1.68. The van der Waals surface area contributed by atoms with E-state index in [9.17, 15) is 23.5 Å². The Labute approximate surface area is 219 Å². The molecule has 2 aromatic carbocycles. The number of carbonyl (C=O) groups excluding carboxylic acids is 2. The lowest BCUT2D eigenvalue weighted by atomic mass is 9.95. The van der Waals surface area contributed by atoms with Gasteiger partial charge in [0, 0.05) is 16.5 Å². The maximum Gasteiger partial charge on any atom is 0.301 e. The quantitative estimate of drug-likeness (QED) is 0.166. The molecule has 3 heterocycles. The highest BCUT2D eigenvalue weighted by Crippen LogP contribution is 2.46. The molecular weight excluding hydrogens is 518 g/mol. The van der Waals surface area contributed by atoms with E-state index in [0.29, 0.717) is 27.5 Å². The molecule has 1 N–H and O–H groups in total. The van der Waals surface area contributed by atoms with Crippen LogP contribution >= 0.6 is 22.7 Å². The molecule has 4 aromatic rings. The number of benzene rings is 2. The number of aliphatic hydroxyl groups excluding tert-OH is 1. The highest BCUT2D eigenvalue weighted by atomic mass is 32.1. The van der Waals surface area contributed by atoms with Gasteiger partial charge in [0.05, 0.1) is 22.4 Å². The summed E-state index contributed by atoms with van der Waals surface area (Å²) in [7, 11) is 0. The smallest absolute Gasteiger partial charge is 0.301 e. The van der Waals surface area contributed by atoms with E-state index >= 15 is 0 Å². The average molecular weight is 541 g/mol. The Morgan fingerprint density at radius 2 is 1.92 bits per heavy atom. The third kappa shape index (κ3) is 4.30. The summed E-state index contributed by atoms with van der Waals surface area (Å²) in [5, 5.41) is 13.3. The third-order valence-corrected chi connectivity index (χ3v) is 8.03. The fraction of sp³-hybridized carbons (Fsp3) is 0.222. The number of ether oxygens (including phenoxy) is 1. The van der Waals surface area contributed by atoms with E-state index in [1.165, 1.54) is 16.2 Å². The number of halogens is 2. The molecule has 1 aliphatic rings. The van der Waals surface area contributed by atoms with Gasteiger partial charge in [0.15, 0.2) is 16.8 Å². The van der Waals surface area contributed by atoms with Crippen LogP contribution in [0.25, 0.3) is 16.0 Å². The molecule has 0 saturated carbocycles. The highest BCUT2D eigenvalue weighted by molar-refractivity contribution is 7.22. The second-order valence-electron chi connectivity index (χ2n) is 8.76. The Morgan fingerprint density at radius 3 is 2.59 bits per heavy atom. The number of anilines is 1. The van der Waals surface area contributed by atoms with Crippen LogP contribution in [-0.2, 0) is 9.59 Å². The van der Waals surface area contributed by atoms with E-state index in [2.05, 4.69) is 4.98 Å². The number of thiazole rings is 1. The van der Waals surface area contributed by atoms with Crippen LogP contribution in [0.15, 0.2) is 53.4 Å². The highest BCUT2D eigenvalue weighted by Gasteiger charge is 2.48. The molecule has 10 heteroatoms. The van der Waals surface area contributed by atoms with Gasteiger partial charge in [-0.3, -0.25) is 14.5 Å². The van der Waals surface area contributed by atoms with Crippen molar-refractivity contribution in [2.45, 2.75) is 32.7 Å². The minimum Gasteiger partial charge on any atom is -0.507 e. The maximum atomic E-state index is 13.8. The molecule has 1 aliphatic heterocycles. The molecule has 0 bridgehead atoms. The van der Waals surface area contributed by atoms with Crippen molar-refractivity contribution in [3.63, 3.8) is 0 Å². The summed E-state index contributed by atoms with van der Waals surface area (Å²) in [6.07, 6.45) is 0. The van der Waals surface area contributed by atoms with Crippen molar-refractivity contribution in [2.75, 3.05) is 11.5 Å². The summed E-state index contributed by atoms with van der Waals surface area (Å²) in [4.78, 5) is 32.8. The zero-order valence-corrected chi connectivity index (χ0v) is 21.8. The van der Waals surface area contributed by atoms with Crippen LogP contribution in [0.1, 0.15) is 48.7 Å². The van der Waals surface area contributed by atoms with Gasteiger partial charge < -0.3 is 9.84 Å². The van der Waals surface area contributed by atoms with Crippen molar-refractivity contribution in [1.82, 2.24) is 4.98 Å². The third-order valence-electron chi connectivity index (χ3n) is 6.09. The van der Waals surface area contributed by atoms with Crippen LogP contribution in [0, 0.1) is 11.6 Å². The van der Waals surface area contributed by atoms with E-state index in [1.54, 1.807) is 35.7 Å². The Kier molecular flexibility index (Phi) is 6.55. The van der Waals surface area contributed by atoms with Crippen LogP contribution in [0.4, 0.5) is 13.9 Å². The van der Waals surface area contributed by atoms with E-state index in [1.807, 2.05) is 20.8 Å². The van der Waals surface area contributed by atoms with Gasteiger partial charge >= 0.3 is 5.91 Å². The summed E-state index contributed by atoms with van der Waals surface area (Å²) in [6.45, 7) is 6.34. The number of Topliss-reactive ketones (excluding diaryl/α,β-unsaturated/α-hetero) is 1. The van der Waals surface area contributed by atoms with Gasteiger partial charge in [0.1, 0.15) is 17.6 Å². The monoisotopic (exact) mass is 540 g/mol. The standard InChI is InChI=1S/C27H22F2N2O4S2/c1-4-35-19-8-7-14(10-15(19)13(2)3)24(32)22-23(20-6-5-9-36-20)31(26(34)25(22)33)27-30-18-11-16(28)17(29)12-21(18)37-27/h5-13,23,32H,4H2,1-3H3/b24-22+. The number of ketones is 1. The number of aromatic nitrogens is 1. The van der Waals surface area contributed by atoms with Crippen molar-refractivity contribution in [3.8, 4) is 5.75 Å². The molecule has 1 saturated heterocycles. The molecule has 1 unspecified atom stereocenters. The zero-order valence-electron chi connectivity index (χ0n) is 20.1. The molecule has 0 spiro atoms. The van der Waals surface area contributed by atoms with Gasteiger partial charge in [0.2, 0.25) is 0 Å². The Morgan fingerprint density at radius 1 is 1.16 bits per heavy atom. The van der Waals surface area contributed by atoms with Gasteiger partial charge in [-0.2, -0.15) is 0 Å². The first-order valence-corrected chi connectivity index (χ1v) is 13.3. The number of aliphatic hydroxyl groups is 1. The first-order valence-electron chi connectivity index (χ1n) is 11.6. The predicted molar refractivity (Wildman–Crippen MR) is 140 cm³/mol. The van der Waals surface area contributed by atoms with Gasteiger partial charge in [-0.15, -0.1) is 11.3 Å². The number of hydrogen-bond donors (Lipinski definition) is 1. The van der Waals surface area contributed by atoms with Crippen LogP contribution in [0.2, 0.25) is 0 Å². The number of hydrogen-bond acceptors (Lipinski definition) is 7. The molecule has 1 fully saturated rings. The van der Waals surface area contributed by atoms with Crippen LogP contribution in [0.3, 0.4) is 0 Å². The molecule has 2 aromatic heterocycles. The summed E-state index contributed by atoms with van der Waals surface area (Å²) in [5.41, 5.74) is 1.31. The number of nitrogens with zero attached hydrogens (tertiary/aromatic N) is 2. The van der Waals surface area contributed by atoms with E-state index in [0.717, 1.165) is 29.0 Å². The van der Waals surface area contributed by atoms with E-state index in [-0.39, 0.29) is 27.9 Å². The predicted octanol–water partition coefficient (Wildman–Crippen LogP) is 6.78. The molecule has 1 amide bonds. The summed E-state index contributed by atoms with van der Waals surface area (Å²) >= 11 is 2.28. The van der Waals surface area contributed by atoms with Crippen LogP contribution in [0.5, 0.6) is 5.75 Å². The number of fused-ring (bicyclic) bond motifs is 1.